The molecule has 0 aliphatic rings. The summed E-state index contributed by atoms with van der Waals surface area (Å²) >= 11 is 0. The monoisotopic (exact) mass is 361 g/mol. The summed E-state index contributed by atoms with van der Waals surface area (Å²) in [6.07, 6.45) is -0.659. The van der Waals surface area contributed by atoms with Crippen LogP contribution in [0.25, 0.3) is 0 Å². The lowest BCUT2D eigenvalue weighted by Gasteiger charge is -2.21. The molecule has 0 aromatic carbocycles. The first kappa shape index (κ1) is 22.3. The Bertz CT molecular complexity index is 537. The molecule has 0 radical (unpaired) electrons. The minimum Gasteiger partial charge on any atom is -0.480 e. The largest absolute Gasteiger partial charge is 0.480 e. The van der Waals surface area contributed by atoms with Crippen LogP contribution >= 0.6 is 0 Å². The summed E-state index contributed by atoms with van der Waals surface area (Å²) in [6.45, 7) is 1.90. The summed E-state index contributed by atoms with van der Waals surface area (Å²) in [4.78, 5) is 57.1. The quantitative estimate of drug-likeness (QED) is 0.202. The highest BCUT2D eigenvalue weighted by Gasteiger charge is 2.28. The number of hydrogen-bond donors (Lipinski definition) is 7. The summed E-state index contributed by atoms with van der Waals surface area (Å²) in [7, 11) is 0. The highest BCUT2D eigenvalue weighted by molar-refractivity contribution is 5.94. The third kappa shape index (κ3) is 8.08. The van der Waals surface area contributed by atoms with E-state index >= 15 is 0 Å². The van der Waals surface area contributed by atoms with Gasteiger partial charge in [0.05, 0.1) is 19.1 Å². The van der Waals surface area contributed by atoms with Crippen molar-refractivity contribution >= 4 is 29.6 Å². The van der Waals surface area contributed by atoms with Crippen LogP contribution in [0.5, 0.6) is 0 Å². The van der Waals surface area contributed by atoms with Crippen LogP contribution in [0.15, 0.2) is 0 Å². The molecule has 0 heterocycles. The number of carbonyl (C=O) groups is 5. The smallest absolute Gasteiger partial charge is 0.326 e. The van der Waals surface area contributed by atoms with E-state index < -0.39 is 66.8 Å². The third-order valence-corrected chi connectivity index (χ3v) is 3.00. The van der Waals surface area contributed by atoms with Crippen molar-refractivity contribution < 1.29 is 34.2 Å². The van der Waals surface area contributed by atoms with Crippen molar-refractivity contribution in [3.8, 4) is 0 Å². The third-order valence-electron chi connectivity index (χ3n) is 3.00. The standard InChI is InChI=1S/C13H23N5O7/c1-5(14)10(21)16-6(2)11(22)18-8(4-19)12(23)17-7(13(24)25)3-9(15)20/h5-8,19H,3-4,14H2,1-2H3,(H2,15,20)(H,16,21)(H,17,23)(H,18,22)(H,24,25). The van der Waals surface area contributed by atoms with Gasteiger partial charge in [-0.15, -0.1) is 0 Å². The minimum atomic E-state index is -1.61. The molecular formula is C13H23N5O7. The molecule has 0 spiro atoms. The molecule has 12 heteroatoms. The molecule has 4 amide bonds. The van der Waals surface area contributed by atoms with Crippen LogP contribution in [0.4, 0.5) is 0 Å². The molecule has 0 aromatic heterocycles. The molecule has 25 heavy (non-hydrogen) atoms. The maximum absolute atomic E-state index is 12.0. The second-order valence-electron chi connectivity index (χ2n) is 5.33. The fraction of sp³-hybridized carbons (Fsp3) is 0.615. The molecule has 0 bridgehead atoms. The number of primary amides is 1. The fourth-order valence-electron chi connectivity index (χ4n) is 1.57. The van der Waals surface area contributed by atoms with Crippen molar-refractivity contribution in [1.29, 1.82) is 0 Å². The minimum absolute atomic E-state index is 0.597. The molecule has 4 atom stereocenters. The fourth-order valence-corrected chi connectivity index (χ4v) is 1.57. The van der Waals surface area contributed by atoms with Gasteiger partial charge in [-0.25, -0.2) is 4.79 Å². The van der Waals surface area contributed by atoms with Crippen molar-refractivity contribution in [2.45, 2.75) is 44.4 Å². The van der Waals surface area contributed by atoms with Gasteiger partial charge in [-0.1, -0.05) is 0 Å². The Labute approximate surface area is 143 Å². The summed E-state index contributed by atoms with van der Waals surface area (Å²) < 4.78 is 0. The molecule has 9 N–H and O–H groups in total. The lowest BCUT2D eigenvalue weighted by atomic mass is 10.1. The SMILES string of the molecule is CC(N)C(=O)NC(C)C(=O)NC(CO)C(=O)NC(CC(N)=O)C(=O)O. The number of hydrogen-bond acceptors (Lipinski definition) is 7. The van der Waals surface area contributed by atoms with Crippen molar-refractivity contribution in [3.63, 3.8) is 0 Å². The van der Waals surface area contributed by atoms with Gasteiger partial charge in [0.1, 0.15) is 18.1 Å². The van der Waals surface area contributed by atoms with E-state index in [1.807, 2.05) is 5.32 Å². The van der Waals surface area contributed by atoms with Crippen LogP contribution in [-0.2, 0) is 24.0 Å². The van der Waals surface area contributed by atoms with Gasteiger partial charge < -0.3 is 37.6 Å². The average Bonchev–Trinajstić information content (AvgIpc) is 2.50. The Kier molecular flexibility index (Phi) is 9.09. The molecule has 0 aliphatic heterocycles. The first-order valence-corrected chi connectivity index (χ1v) is 7.28. The van der Waals surface area contributed by atoms with Gasteiger partial charge in [0, 0.05) is 0 Å². The van der Waals surface area contributed by atoms with Crippen molar-refractivity contribution in [1.82, 2.24) is 16.0 Å². The zero-order valence-electron chi connectivity index (χ0n) is 13.8. The average molecular weight is 361 g/mol. The van der Waals surface area contributed by atoms with Gasteiger partial charge >= 0.3 is 5.97 Å². The Morgan fingerprint density at radius 3 is 1.84 bits per heavy atom. The van der Waals surface area contributed by atoms with Gasteiger partial charge in [-0.3, -0.25) is 19.2 Å². The Hall–Kier alpha value is -2.73. The number of aliphatic hydroxyl groups is 1. The molecule has 4 unspecified atom stereocenters. The Morgan fingerprint density at radius 2 is 1.44 bits per heavy atom. The summed E-state index contributed by atoms with van der Waals surface area (Å²) in [5, 5.41) is 24.5. The topological polar surface area (TPSA) is 214 Å². The first-order chi connectivity index (χ1) is 11.5. The van der Waals surface area contributed by atoms with Gasteiger partial charge in [0.2, 0.25) is 23.6 Å². The normalized spacial score (nSPS) is 15.2. The van der Waals surface area contributed by atoms with Crippen molar-refractivity contribution in [3.05, 3.63) is 0 Å². The highest BCUT2D eigenvalue weighted by Crippen LogP contribution is 1.95. The van der Waals surface area contributed by atoms with Gasteiger partial charge in [0.25, 0.3) is 0 Å². The molecule has 12 nitrogen and oxygen atoms in total. The van der Waals surface area contributed by atoms with Crippen LogP contribution in [0.2, 0.25) is 0 Å². The lowest BCUT2D eigenvalue weighted by molar-refractivity contribution is -0.144. The Morgan fingerprint density at radius 1 is 0.920 bits per heavy atom. The summed E-state index contributed by atoms with van der Waals surface area (Å²) in [5.74, 6) is -4.89. The maximum atomic E-state index is 12.0. The summed E-state index contributed by atoms with van der Waals surface area (Å²) in [5.41, 5.74) is 10.2. The van der Waals surface area contributed by atoms with E-state index in [9.17, 15) is 29.1 Å². The van der Waals surface area contributed by atoms with Crippen LogP contribution in [0, 0.1) is 0 Å². The number of carboxylic acids is 1. The number of aliphatic hydroxyl groups excluding tert-OH is 1. The zero-order chi connectivity index (χ0) is 19.7. The molecule has 142 valence electrons. The second-order valence-corrected chi connectivity index (χ2v) is 5.33. The predicted molar refractivity (Wildman–Crippen MR) is 83.6 cm³/mol. The van der Waals surface area contributed by atoms with E-state index in [0.717, 1.165) is 0 Å². The van der Waals surface area contributed by atoms with Crippen LogP contribution in [0.3, 0.4) is 0 Å². The predicted octanol–water partition coefficient (Wildman–Crippen LogP) is -4.24. The van der Waals surface area contributed by atoms with Gasteiger partial charge in [-0.2, -0.15) is 0 Å². The van der Waals surface area contributed by atoms with E-state index in [1.165, 1.54) is 13.8 Å². The van der Waals surface area contributed by atoms with Crippen LogP contribution in [0.1, 0.15) is 20.3 Å². The first-order valence-electron chi connectivity index (χ1n) is 7.28. The maximum Gasteiger partial charge on any atom is 0.326 e. The number of carboxylic acid groups (broad SMARTS) is 1. The molecule has 0 fully saturated rings. The number of amides is 4. The van der Waals surface area contributed by atoms with Gasteiger partial charge in [-0.05, 0) is 13.8 Å². The number of rotatable bonds is 10. The summed E-state index contributed by atoms with van der Waals surface area (Å²) in [6, 6.07) is -5.00. The zero-order valence-corrected chi connectivity index (χ0v) is 13.8. The molecule has 0 saturated heterocycles. The number of nitrogens with two attached hydrogens (primary N) is 2. The van der Waals surface area contributed by atoms with Crippen molar-refractivity contribution in [2.75, 3.05) is 6.61 Å². The number of carbonyl (C=O) groups excluding carboxylic acids is 4. The molecular weight excluding hydrogens is 338 g/mol. The van der Waals surface area contributed by atoms with E-state index in [0.29, 0.717) is 0 Å². The van der Waals surface area contributed by atoms with E-state index in [4.69, 9.17) is 16.6 Å². The van der Waals surface area contributed by atoms with Gasteiger partial charge in [0.15, 0.2) is 0 Å². The Balaban J connectivity index is 4.82. The second kappa shape index (κ2) is 10.2. The molecule has 0 saturated carbocycles. The van der Waals surface area contributed by atoms with E-state index in [2.05, 4.69) is 10.6 Å². The molecule has 0 aliphatic carbocycles. The lowest BCUT2D eigenvalue weighted by Crippen LogP contribution is -2.57. The van der Waals surface area contributed by atoms with E-state index in [-0.39, 0.29) is 0 Å². The molecule has 0 rings (SSSR count). The van der Waals surface area contributed by atoms with Crippen LogP contribution in [-0.4, -0.2) is 70.6 Å². The molecule has 0 aromatic rings. The van der Waals surface area contributed by atoms with Crippen LogP contribution < -0.4 is 27.4 Å². The number of nitrogens with one attached hydrogen (secondary N) is 3. The highest BCUT2D eigenvalue weighted by atomic mass is 16.4. The van der Waals surface area contributed by atoms with E-state index in [1.54, 1.807) is 0 Å². The van der Waals surface area contributed by atoms with Crippen molar-refractivity contribution in [2.24, 2.45) is 11.5 Å². The number of aliphatic carboxylic acids is 1.